The van der Waals surface area contributed by atoms with E-state index in [1.54, 1.807) is 37.6 Å². The van der Waals surface area contributed by atoms with Crippen LogP contribution in [0.1, 0.15) is 22.8 Å². The third-order valence-corrected chi connectivity index (χ3v) is 4.49. The summed E-state index contributed by atoms with van der Waals surface area (Å²) in [6.45, 7) is 2.92. The van der Waals surface area contributed by atoms with E-state index in [9.17, 15) is 9.59 Å². The summed E-state index contributed by atoms with van der Waals surface area (Å²) in [6.07, 6.45) is 1.61. The zero-order valence-corrected chi connectivity index (χ0v) is 15.3. The largest absolute Gasteiger partial charge is 0.497 e. The Labute approximate surface area is 156 Å². The number of hydrogen-bond acceptors (Lipinski definition) is 3. The van der Waals surface area contributed by atoms with Crippen LogP contribution in [0.15, 0.2) is 53.5 Å². The molecule has 134 valence electrons. The number of ether oxygens (including phenoxy) is 1. The van der Waals surface area contributed by atoms with Crippen molar-refractivity contribution in [3.63, 3.8) is 0 Å². The van der Waals surface area contributed by atoms with Crippen LogP contribution >= 0.6 is 11.6 Å². The Balaban J connectivity index is 1.95. The van der Waals surface area contributed by atoms with Crippen LogP contribution < -0.4 is 15.5 Å². The Morgan fingerprint density at radius 3 is 2.58 bits per heavy atom. The maximum Gasteiger partial charge on any atom is 0.257 e. The van der Waals surface area contributed by atoms with Gasteiger partial charge in [0.1, 0.15) is 11.3 Å². The number of aryl methyl sites for hydroxylation is 1. The first kappa shape index (κ1) is 18.0. The minimum atomic E-state index is -0.406. The van der Waals surface area contributed by atoms with E-state index in [4.69, 9.17) is 16.3 Å². The van der Waals surface area contributed by atoms with Crippen molar-refractivity contribution in [3.8, 4) is 5.75 Å². The number of rotatable bonds is 5. The molecular formula is C20H19ClN2O3. The molecule has 26 heavy (non-hydrogen) atoms. The van der Waals surface area contributed by atoms with E-state index in [2.05, 4.69) is 5.32 Å². The Morgan fingerprint density at radius 2 is 1.92 bits per heavy atom. The number of pyridine rings is 1. The second-order valence-corrected chi connectivity index (χ2v) is 6.29. The summed E-state index contributed by atoms with van der Waals surface area (Å²) in [5.74, 6) is 0.174. The van der Waals surface area contributed by atoms with Gasteiger partial charge in [0, 0.05) is 24.3 Å². The average molecular weight is 371 g/mol. The average Bonchev–Trinajstić information content (AvgIpc) is 2.67. The van der Waals surface area contributed by atoms with Crippen molar-refractivity contribution in [2.24, 2.45) is 0 Å². The molecule has 1 amide bonds. The van der Waals surface area contributed by atoms with Crippen molar-refractivity contribution in [2.75, 3.05) is 7.11 Å². The Kier molecular flexibility index (Phi) is 5.28. The fraction of sp³-hybridized carbons (Fsp3) is 0.200. The standard InChI is InChI=1S/C20H19ClN2O3/c1-3-23-12-17(19(24)16-10-15(26-2)8-9-18(16)23)20(25)22-11-13-4-6-14(21)7-5-13/h4-10,12H,3,11H2,1-2H3,(H,22,25). The molecule has 3 rings (SSSR count). The zero-order chi connectivity index (χ0) is 18.7. The molecule has 0 spiro atoms. The SMILES string of the molecule is CCn1cc(C(=O)NCc2ccc(Cl)cc2)c(=O)c2cc(OC)ccc21. The van der Waals surface area contributed by atoms with Crippen LogP contribution in [0.25, 0.3) is 10.9 Å². The Hall–Kier alpha value is -2.79. The lowest BCUT2D eigenvalue weighted by Crippen LogP contribution is -2.29. The second-order valence-electron chi connectivity index (χ2n) is 5.85. The first-order chi connectivity index (χ1) is 12.5. The van der Waals surface area contributed by atoms with Gasteiger partial charge in [0.05, 0.1) is 18.0 Å². The van der Waals surface area contributed by atoms with Crippen molar-refractivity contribution in [1.82, 2.24) is 9.88 Å². The summed E-state index contributed by atoms with van der Waals surface area (Å²) in [7, 11) is 1.54. The smallest absolute Gasteiger partial charge is 0.257 e. The summed E-state index contributed by atoms with van der Waals surface area (Å²) in [5.41, 5.74) is 1.48. The van der Waals surface area contributed by atoms with Crippen LogP contribution in [0.2, 0.25) is 5.02 Å². The van der Waals surface area contributed by atoms with E-state index in [1.165, 1.54) is 0 Å². The van der Waals surface area contributed by atoms with Crippen LogP contribution in [0.4, 0.5) is 0 Å². The molecule has 0 atom stereocenters. The summed E-state index contributed by atoms with van der Waals surface area (Å²) in [4.78, 5) is 25.4. The molecule has 0 radical (unpaired) electrons. The molecule has 0 saturated heterocycles. The minimum Gasteiger partial charge on any atom is -0.497 e. The van der Waals surface area contributed by atoms with Gasteiger partial charge in [-0.3, -0.25) is 9.59 Å². The first-order valence-corrected chi connectivity index (χ1v) is 8.65. The van der Waals surface area contributed by atoms with Gasteiger partial charge in [0.2, 0.25) is 5.43 Å². The lowest BCUT2D eigenvalue weighted by atomic mass is 10.1. The molecule has 2 aromatic carbocycles. The zero-order valence-electron chi connectivity index (χ0n) is 14.6. The molecule has 3 aromatic rings. The fourth-order valence-corrected chi connectivity index (χ4v) is 2.93. The molecule has 1 heterocycles. The normalized spacial score (nSPS) is 10.7. The lowest BCUT2D eigenvalue weighted by molar-refractivity contribution is 0.0949. The van der Waals surface area contributed by atoms with Crippen molar-refractivity contribution < 1.29 is 9.53 Å². The van der Waals surface area contributed by atoms with E-state index in [0.717, 1.165) is 11.1 Å². The molecular weight excluding hydrogens is 352 g/mol. The molecule has 0 aliphatic rings. The van der Waals surface area contributed by atoms with E-state index in [0.29, 0.717) is 29.2 Å². The number of benzene rings is 2. The van der Waals surface area contributed by atoms with Gasteiger partial charge >= 0.3 is 0 Å². The van der Waals surface area contributed by atoms with Crippen LogP contribution in [-0.2, 0) is 13.1 Å². The number of amides is 1. The van der Waals surface area contributed by atoms with Crippen LogP contribution in [-0.4, -0.2) is 17.6 Å². The number of nitrogens with zero attached hydrogens (tertiary/aromatic N) is 1. The molecule has 0 aliphatic heterocycles. The van der Waals surface area contributed by atoms with Gasteiger partial charge in [-0.2, -0.15) is 0 Å². The van der Waals surface area contributed by atoms with E-state index in [1.807, 2.05) is 29.7 Å². The first-order valence-electron chi connectivity index (χ1n) is 8.27. The Morgan fingerprint density at radius 1 is 1.19 bits per heavy atom. The molecule has 0 fully saturated rings. The van der Waals surface area contributed by atoms with E-state index in [-0.39, 0.29) is 11.0 Å². The summed E-state index contributed by atoms with van der Waals surface area (Å²) < 4.78 is 7.09. The van der Waals surface area contributed by atoms with E-state index >= 15 is 0 Å². The number of halogens is 1. The van der Waals surface area contributed by atoms with Gasteiger partial charge < -0.3 is 14.6 Å². The van der Waals surface area contributed by atoms with Gasteiger partial charge in [0.25, 0.3) is 5.91 Å². The Bertz CT molecular complexity index is 1010. The summed E-state index contributed by atoms with van der Waals surface area (Å²) in [6, 6.07) is 12.5. The highest BCUT2D eigenvalue weighted by molar-refractivity contribution is 6.30. The second kappa shape index (κ2) is 7.62. The van der Waals surface area contributed by atoms with Gasteiger partial charge in [-0.05, 0) is 42.8 Å². The van der Waals surface area contributed by atoms with Gasteiger partial charge in [0.15, 0.2) is 0 Å². The number of nitrogens with one attached hydrogen (secondary N) is 1. The van der Waals surface area contributed by atoms with Gasteiger partial charge in [-0.1, -0.05) is 23.7 Å². The molecule has 0 saturated carbocycles. The van der Waals surface area contributed by atoms with Crippen molar-refractivity contribution in [2.45, 2.75) is 20.0 Å². The number of carbonyl (C=O) groups is 1. The monoisotopic (exact) mass is 370 g/mol. The number of carbonyl (C=O) groups excluding carboxylic acids is 1. The van der Waals surface area contributed by atoms with Crippen molar-refractivity contribution in [3.05, 3.63) is 75.0 Å². The van der Waals surface area contributed by atoms with Crippen LogP contribution in [0, 0.1) is 0 Å². The van der Waals surface area contributed by atoms with Gasteiger partial charge in [-0.15, -0.1) is 0 Å². The summed E-state index contributed by atoms with van der Waals surface area (Å²) >= 11 is 5.86. The fourth-order valence-electron chi connectivity index (χ4n) is 2.81. The third kappa shape index (κ3) is 3.58. The number of aromatic nitrogens is 1. The lowest BCUT2D eigenvalue weighted by Gasteiger charge is -2.13. The molecule has 1 aromatic heterocycles. The topological polar surface area (TPSA) is 60.3 Å². The molecule has 0 bridgehead atoms. The predicted molar refractivity (Wildman–Crippen MR) is 103 cm³/mol. The molecule has 5 nitrogen and oxygen atoms in total. The summed E-state index contributed by atoms with van der Waals surface area (Å²) in [5, 5.41) is 3.89. The highest BCUT2D eigenvalue weighted by atomic mass is 35.5. The van der Waals surface area contributed by atoms with Crippen LogP contribution in [0.3, 0.4) is 0 Å². The highest BCUT2D eigenvalue weighted by Crippen LogP contribution is 2.19. The van der Waals surface area contributed by atoms with Gasteiger partial charge in [-0.25, -0.2) is 0 Å². The minimum absolute atomic E-state index is 0.113. The highest BCUT2D eigenvalue weighted by Gasteiger charge is 2.15. The number of methoxy groups -OCH3 is 1. The number of fused-ring (bicyclic) bond motifs is 1. The molecule has 1 N–H and O–H groups in total. The third-order valence-electron chi connectivity index (χ3n) is 4.24. The maximum absolute atomic E-state index is 12.8. The predicted octanol–water partition coefficient (Wildman–Crippen LogP) is 3.61. The van der Waals surface area contributed by atoms with Crippen LogP contribution in [0.5, 0.6) is 5.75 Å². The molecule has 0 aliphatic carbocycles. The molecule has 6 heteroatoms. The van der Waals surface area contributed by atoms with Crippen molar-refractivity contribution >= 4 is 28.4 Å². The molecule has 0 unspecified atom stereocenters. The number of hydrogen-bond donors (Lipinski definition) is 1. The van der Waals surface area contributed by atoms with Crippen molar-refractivity contribution in [1.29, 1.82) is 0 Å². The maximum atomic E-state index is 12.8. The quantitative estimate of drug-likeness (QED) is 0.746. The van der Waals surface area contributed by atoms with E-state index < -0.39 is 5.91 Å².